The summed E-state index contributed by atoms with van der Waals surface area (Å²) >= 11 is 1.68. The molecule has 3 aromatic rings. The fourth-order valence-corrected chi connectivity index (χ4v) is 3.61. The second-order valence-corrected chi connectivity index (χ2v) is 6.12. The van der Waals surface area contributed by atoms with Gasteiger partial charge in [-0.3, -0.25) is 0 Å². The first kappa shape index (κ1) is 14.9. The van der Waals surface area contributed by atoms with Gasteiger partial charge in [-0.2, -0.15) is 0 Å². The molecule has 0 spiro atoms. The lowest BCUT2D eigenvalue weighted by atomic mass is 10.2. The van der Waals surface area contributed by atoms with E-state index in [9.17, 15) is 5.11 Å². The monoisotopic (exact) mass is 313 g/mol. The summed E-state index contributed by atoms with van der Waals surface area (Å²) in [5, 5.41) is 10.3. The summed E-state index contributed by atoms with van der Waals surface area (Å²) in [7, 11) is 0. The first-order valence-electron chi connectivity index (χ1n) is 7.42. The molecular weight excluding hydrogens is 294 g/mol. The smallest absolute Gasteiger partial charge is 0.141 e. The zero-order valence-electron chi connectivity index (χ0n) is 12.8. The molecule has 114 valence electrons. The molecule has 0 aliphatic heterocycles. The Morgan fingerprint density at radius 3 is 2.64 bits per heavy atom. The normalized spacial score (nSPS) is 11.0. The molecule has 0 amide bonds. The lowest BCUT2D eigenvalue weighted by molar-refractivity contribution is 0.302. The minimum absolute atomic E-state index is 0.119. The van der Waals surface area contributed by atoms with Crippen LogP contribution in [0.5, 0.6) is 0 Å². The third-order valence-corrected chi connectivity index (χ3v) is 4.67. The molecule has 1 aromatic carbocycles. The molecule has 0 saturated heterocycles. The second kappa shape index (κ2) is 6.42. The average molecular weight is 313 g/mol. The van der Waals surface area contributed by atoms with Crippen LogP contribution in [0.15, 0.2) is 36.4 Å². The number of aliphatic hydroxyl groups is 1. The van der Waals surface area contributed by atoms with Gasteiger partial charge in [-0.15, -0.1) is 11.3 Å². The van der Waals surface area contributed by atoms with Crippen LogP contribution in [-0.4, -0.2) is 34.8 Å². The zero-order valence-corrected chi connectivity index (χ0v) is 13.6. The minimum Gasteiger partial charge on any atom is -0.395 e. The number of anilines is 1. The van der Waals surface area contributed by atoms with Crippen molar-refractivity contribution in [1.82, 2.24) is 9.97 Å². The average Bonchev–Trinajstić information content (AvgIpc) is 2.96. The number of nitrogens with zero attached hydrogens (tertiary/aromatic N) is 3. The molecule has 0 unspecified atom stereocenters. The molecule has 5 heteroatoms. The number of aryl methyl sites for hydroxylation is 1. The molecule has 0 atom stereocenters. The maximum Gasteiger partial charge on any atom is 0.141 e. The van der Waals surface area contributed by atoms with Crippen molar-refractivity contribution < 1.29 is 5.11 Å². The summed E-state index contributed by atoms with van der Waals surface area (Å²) in [6.07, 6.45) is 0. The summed E-state index contributed by atoms with van der Waals surface area (Å²) in [6.45, 7) is 5.50. The highest BCUT2D eigenvalue weighted by Gasteiger charge is 2.15. The predicted molar refractivity (Wildman–Crippen MR) is 92.6 cm³/mol. The highest BCUT2D eigenvalue weighted by atomic mass is 32.1. The Bertz CT molecular complexity index is 770. The minimum atomic E-state index is 0.119. The van der Waals surface area contributed by atoms with Crippen LogP contribution in [0, 0.1) is 6.92 Å². The van der Waals surface area contributed by atoms with Crippen molar-refractivity contribution in [2.75, 3.05) is 24.6 Å². The Hall–Kier alpha value is -1.98. The van der Waals surface area contributed by atoms with Gasteiger partial charge in [0.1, 0.15) is 16.5 Å². The first-order valence-corrected chi connectivity index (χ1v) is 8.24. The summed E-state index contributed by atoms with van der Waals surface area (Å²) < 4.78 is 0. The molecule has 2 aromatic heterocycles. The van der Waals surface area contributed by atoms with Gasteiger partial charge in [-0.25, -0.2) is 9.97 Å². The van der Waals surface area contributed by atoms with Gasteiger partial charge in [0.05, 0.1) is 12.0 Å². The Kier molecular flexibility index (Phi) is 4.36. The fraction of sp³-hybridized carbons (Fsp3) is 0.294. The molecule has 0 fully saturated rings. The van der Waals surface area contributed by atoms with Gasteiger partial charge in [0.15, 0.2) is 0 Å². The number of fused-ring (bicyclic) bond motifs is 1. The van der Waals surface area contributed by atoms with Crippen LogP contribution in [0.4, 0.5) is 5.82 Å². The maximum atomic E-state index is 9.27. The number of likely N-dealkylation sites (N-methyl/N-ethyl adjacent to an activating group) is 1. The number of thiophene rings is 1. The molecule has 0 saturated carbocycles. The van der Waals surface area contributed by atoms with Crippen LogP contribution in [0.2, 0.25) is 0 Å². The number of aromatic nitrogens is 2. The number of aliphatic hydroxyl groups excluding tert-OH is 1. The maximum absolute atomic E-state index is 9.27. The molecule has 4 nitrogen and oxygen atoms in total. The van der Waals surface area contributed by atoms with E-state index in [1.165, 1.54) is 10.4 Å². The SMILES string of the molecule is CCN(CCO)c1nc(C)nc2sc(-c3ccccc3)cc12. The standard InChI is InChI=1S/C17H19N3OS/c1-3-20(9-10-21)16-14-11-15(13-7-5-4-6-8-13)22-17(14)19-12(2)18-16/h4-8,11,21H,3,9-10H2,1-2H3. The van der Waals surface area contributed by atoms with Crippen molar-refractivity contribution in [2.24, 2.45) is 0 Å². The van der Waals surface area contributed by atoms with E-state index in [2.05, 4.69) is 40.0 Å². The quantitative estimate of drug-likeness (QED) is 0.783. The van der Waals surface area contributed by atoms with Crippen molar-refractivity contribution >= 4 is 27.4 Å². The van der Waals surface area contributed by atoms with Crippen molar-refractivity contribution in [1.29, 1.82) is 0 Å². The van der Waals surface area contributed by atoms with Crippen molar-refractivity contribution in [3.05, 3.63) is 42.2 Å². The van der Waals surface area contributed by atoms with Gasteiger partial charge in [-0.05, 0) is 25.5 Å². The predicted octanol–water partition coefficient (Wildman–Crippen LogP) is 3.49. The van der Waals surface area contributed by atoms with E-state index >= 15 is 0 Å². The van der Waals surface area contributed by atoms with Crippen LogP contribution < -0.4 is 4.90 Å². The molecule has 0 radical (unpaired) electrons. The zero-order chi connectivity index (χ0) is 15.5. The molecule has 1 N–H and O–H groups in total. The summed E-state index contributed by atoms with van der Waals surface area (Å²) in [4.78, 5) is 13.5. The van der Waals surface area contributed by atoms with Gasteiger partial charge in [0.2, 0.25) is 0 Å². The van der Waals surface area contributed by atoms with Crippen molar-refractivity contribution in [3.8, 4) is 10.4 Å². The van der Waals surface area contributed by atoms with Crippen LogP contribution in [-0.2, 0) is 0 Å². The van der Waals surface area contributed by atoms with E-state index < -0.39 is 0 Å². The second-order valence-electron chi connectivity index (χ2n) is 5.09. The summed E-state index contributed by atoms with van der Waals surface area (Å²) in [5.41, 5.74) is 1.19. The van der Waals surface area contributed by atoms with Crippen molar-refractivity contribution in [2.45, 2.75) is 13.8 Å². The van der Waals surface area contributed by atoms with Gasteiger partial charge in [0, 0.05) is 18.0 Å². The van der Waals surface area contributed by atoms with Crippen LogP contribution in [0.1, 0.15) is 12.7 Å². The highest BCUT2D eigenvalue weighted by Crippen LogP contribution is 2.36. The number of benzene rings is 1. The van der Waals surface area contributed by atoms with Crippen molar-refractivity contribution in [3.63, 3.8) is 0 Å². The lowest BCUT2D eigenvalue weighted by Gasteiger charge is -2.21. The third kappa shape index (κ3) is 2.82. The molecule has 0 bridgehead atoms. The topological polar surface area (TPSA) is 49.2 Å². The van der Waals surface area contributed by atoms with Gasteiger partial charge >= 0.3 is 0 Å². The number of hydrogen-bond acceptors (Lipinski definition) is 5. The lowest BCUT2D eigenvalue weighted by Crippen LogP contribution is -2.27. The van der Waals surface area contributed by atoms with Crippen LogP contribution >= 0.6 is 11.3 Å². The fourth-order valence-electron chi connectivity index (χ4n) is 2.53. The Balaban J connectivity index is 2.15. The van der Waals surface area contributed by atoms with Gasteiger partial charge in [-0.1, -0.05) is 30.3 Å². The third-order valence-electron chi connectivity index (χ3n) is 3.59. The molecule has 0 aliphatic rings. The molecule has 0 aliphatic carbocycles. The number of rotatable bonds is 5. The highest BCUT2D eigenvalue weighted by molar-refractivity contribution is 7.21. The van der Waals surface area contributed by atoms with E-state index in [-0.39, 0.29) is 6.61 Å². The molecule has 22 heavy (non-hydrogen) atoms. The molecule has 2 heterocycles. The Morgan fingerprint density at radius 1 is 1.18 bits per heavy atom. The van der Waals surface area contributed by atoms with E-state index in [1.54, 1.807) is 11.3 Å². The van der Waals surface area contributed by atoms with E-state index in [4.69, 9.17) is 0 Å². The molecule has 3 rings (SSSR count). The van der Waals surface area contributed by atoms with E-state index in [1.807, 2.05) is 25.1 Å². The Labute approximate surface area is 134 Å². The van der Waals surface area contributed by atoms with E-state index in [0.717, 1.165) is 28.4 Å². The molecular formula is C17H19N3OS. The summed E-state index contributed by atoms with van der Waals surface area (Å²) in [6, 6.07) is 12.5. The summed E-state index contributed by atoms with van der Waals surface area (Å²) in [5.74, 6) is 1.68. The first-order chi connectivity index (χ1) is 10.7. The van der Waals surface area contributed by atoms with Gasteiger partial charge < -0.3 is 10.0 Å². The van der Waals surface area contributed by atoms with Crippen LogP contribution in [0.3, 0.4) is 0 Å². The number of hydrogen-bond donors (Lipinski definition) is 1. The van der Waals surface area contributed by atoms with Crippen LogP contribution in [0.25, 0.3) is 20.7 Å². The Morgan fingerprint density at radius 2 is 1.95 bits per heavy atom. The largest absolute Gasteiger partial charge is 0.395 e. The van der Waals surface area contributed by atoms with Gasteiger partial charge in [0.25, 0.3) is 0 Å². The van der Waals surface area contributed by atoms with E-state index in [0.29, 0.717) is 6.54 Å².